The Labute approximate surface area is 150 Å². The van der Waals surface area contributed by atoms with E-state index in [-0.39, 0.29) is 5.91 Å². The van der Waals surface area contributed by atoms with Gasteiger partial charge in [-0.25, -0.2) is 9.97 Å². The standard InChI is InChI=1S/C20H17N5O/c1-2-13-5-3-6-15(11-13)16-12-17(25-24-16)20(26)23-18-9-8-14-7-4-10-21-19(14)22-18/h3-12H,2H2,1H3,(H,24,25)(H,21,22,23,26). The number of rotatable bonds is 4. The number of benzene rings is 1. The van der Waals surface area contributed by atoms with Crippen LogP contribution in [0.15, 0.2) is 60.8 Å². The lowest BCUT2D eigenvalue weighted by molar-refractivity contribution is 0.102. The summed E-state index contributed by atoms with van der Waals surface area (Å²) in [6, 6.07) is 17.3. The monoisotopic (exact) mass is 343 g/mol. The number of anilines is 1. The summed E-state index contributed by atoms with van der Waals surface area (Å²) in [7, 11) is 0. The van der Waals surface area contributed by atoms with Crippen LogP contribution in [0.3, 0.4) is 0 Å². The Morgan fingerprint density at radius 3 is 2.92 bits per heavy atom. The number of carbonyl (C=O) groups excluding carboxylic acids is 1. The summed E-state index contributed by atoms with van der Waals surface area (Å²) in [5.74, 6) is 0.156. The van der Waals surface area contributed by atoms with Crippen molar-refractivity contribution in [3.8, 4) is 11.3 Å². The zero-order valence-electron chi connectivity index (χ0n) is 14.2. The number of pyridine rings is 2. The second-order valence-electron chi connectivity index (χ2n) is 5.92. The molecule has 0 atom stereocenters. The summed E-state index contributed by atoms with van der Waals surface area (Å²) in [6.07, 6.45) is 2.62. The molecule has 0 saturated carbocycles. The predicted molar refractivity (Wildman–Crippen MR) is 101 cm³/mol. The van der Waals surface area contributed by atoms with E-state index in [0.29, 0.717) is 17.2 Å². The molecular weight excluding hydrogens is 326 g/mol. The molecule has 0 fully saturated rings. The van der Waals surface area contributed by atoms with Crippen LogP contribution in [-0.2, 0) is 6.42 Å². The predicted octanol–water partition coefficient (Wildman–Crippen LogP) is 3.83. The molecule has 0 aliphatic rings. The molecule has 3 aromatic heterocycles. The molecule has 4 aromatic rings. The fourth-order valence-corrected chi connectivity index (χ4v) is 2.74. The number of carbonyl (C=O) groups is 1. The Bertz CT molecular complexity index is 1090. The third-order valence-corrected chi connectivity index (χ3v) is 4.16. The quantitative estimate of drug-likeness (QED) is 0.590. The van der Waals surface area contributed by atoms with Gasteiger partial charge in [0.05, 0.1) is 5.69 Å². The highest BCUT2D eigenvalue weighted by atomic mass is 16.2. The number of hydrogen-bond acceptors (Lipinski definition) is 4. The molecule has 0 radical (unpaired) electrons. The molecule has 0 saturated heterocycles. The van der Waals surface area contributed by atoms with Crippen molar-refractivity contribution in [2.24, 2.45) is 0 Å². The number of H-pyrrole nitrogens is 1. The third kappa shape index (κ3) is 3.17. The van der Waals surface area contributed by atoms with E-state index in [9.17, 15) is 4.79 Å². The van der Waals surface area contributed by atoms with E-state index < -0.39 is 0 Å². The number of hydrogen-bond donors (Lipinski definition) is 2. The summed E-state index contributed by atoms with van der Waals surface area (Å²) in [4.78, 5) is 21.0. The van der Waals surface area contributed by atoms with E-state index in [0.717, 1.165) is 23.1 Å². The molecular formula is C20H17N5O. The van der Waals surface area contributed by atoms with E-state index in [4.69, 9.17) is 0 Å². The van der Waals surface area contributed by atoms with Gasteiger partial charge in [0.15, 0.2) is 5.65 Å². The topological polar surface area (TPSA) is 83.6 Å². The fourth-order valence-electron chi connectivity index (χ4n) is 2.74. The Morgan fingerprint density at radius 1 is 1.12 bits per heavy atom. The number of aryl methyl sites for hydroxylation is 1. The molecule has 4 rings (SSSR count). The Kier molecular flexibility index (Phi) is 4.15. The SMILES string of the molecule is CCc1cccc(-c2cc(C(=O)Nc3ccc4cccnc4n3)[nH]n2)c1. The molecule has 128 valence electrons. The number of nitrogens with zero attached hydrogens (tertiary/aromatic N) is 3. The molecule has 3 heterocycles. The van der Waals surface area contributed by atoms with Crippen LogP contribution < -0.4 is 5.32 Å². The minimum absolute atomic E-state index is 0.293. The van der Waals surface area contributed by atoms with Crippen molar-refractivity contribution in [2.45, 2.75) is 13.3 Å². The molecule has 0 bridgehead atoms. The molecule has 2 N–H and O–H groups in total. The summed E-state index contributed by atoms with van der Waals surface area (Å²) < 4.78 is 0. The zero-order chi connectivity index (χ0) is 17.9. The summed E-state index contributed by atoms with van der Waals surface area (Å²) >= 11 is 0. The summed E-state index contributed by atoms with van der Waals surface area (Å²) in [5.41, 5.74) is 3.91. The number of aromatic nitrogens is 4. The first-order valence-electron chi connectivity index (χ1n) is 8.41. The van der Waals surface area contributed by atoms with Gasteiger partial charge in [0.2, 0.25) is 0 Å². The first kappa shape index (κ1) is 16.0. The van der Waals surface area contributed by atoms with Gasteiger partial charge in [-0.05, 0) is 48.4 Å². The van der Waals surface area contributed by atoms with Crippen LogP contribution in [0.5, 0.6) is 0 Å². The first-order chi connectivity index (χ1) is 12.7. The van der Waals surface area contributed by atoms with Gasteiger partial charge in [0.25, 0.3) is 5.91 Å². The van der Waals surface area contributed by atoms with Gasteiger partial charge >= 0.3 is 0 Å². The average Bonchev–Trinajstić information content (AvgIpc) is 3.18. The van der Waals surface area contributed by atoms with Crippen LogP contribution >= 0.6 is 0 Å². The van der Waals surface area contributed by atoms with E-state index in [1.165, 1.54) is 5.56 Å². The van der Waals surface area contributed by atoms with Crippen LogP contribution in [0.25, 0.3) is 22.3 Å². The summed E-state index contributed by atoms with van der Waals surface area (Å²) in [5, 5.41) is 10.7. The molecule has 6 heteroatoms. The smallest absolute Gasteiger partial charge is 0.274 e. The van der Waals surface area contributed by atoms with Gasteiger partial charge in [0, 0.05) is 17.1 Å². The molecule has 26 heavy (non-hydrogen) atoms. The number of nitrogens with one attached hydrogen (secondary N) is 2. The van der Waals surface area contributed by atoms with Crippen molar-refractivity contribution < 1.29 is 4.79 Å². The van der Waals surface area contributed by atoms with Crippen LogP contribution in [0.1, 0.15) is 23.0 Å². The zero-order valence-corrected chi connectivity index (χ0v) is 14.2. The highest BCUT2D eigenvalue weighted by Gasteiger charge is 2.12. The average molecular weight is 343 g/mol. The molecule has 1 amide bonds. The van der Waals surface area contributed by atoms with Crippen molar-refractivity contribution in [2.75, 3.05) is 5.32 Å². The molecule has 0 unspecified atom stereocenters. The minimum atomic E-state index is -0.293. The van der Waals surface area contributed by atoms with Crippen molar-refractivity contribution in [3.63, 3.8) is 0 Å². The van der Waals surface area contributed by atoms with Crippen molar-refractivity contribution in [1.29, 1.82) is 0 Å². The van der Waals surface area contributed by atoms with Gasteiger partial charge in [0.1, 0.15) is 11.5 Å². The van der Waals surface area contributed by atoms with Crippen LogP contribution in [0.2, 0.25) is 0 Å². The number of fused-ring (bicyclic) bond motifs is 1. The van der Waals surface area contributed by atoms with Gasteiger partial charge in [-0.3, -0.25) is 9.89 Å². The minimum Gasteiger partial charge on any atom is -0.305 e. The van der Waals surface area contributed by atoms with Crippen LogP contribution in [0, 0.1) is 0 Å². The number of aromatic amines is 1. The maximum Gasteiger partial charge on any atom is 0.274 e. The Balaban J connectivity index is 1.55. The lowest BCUT2D eigenvalue weighted by Gasteiger charge is -2.03. The van der Waals surface area contributed by atoms with E-state index in [2.05, 4.69) is 44.5 Å². The molecule has 6 nitrogen and oxygen atoms in total. The number of amides is 1. The van der Waals surface area contributed by atoms with Crippen LogP contribution in [0.4, 0.5) is 5.82 Å². The van der Waals surface area contributed by atoms with Gasteiger partial charge in [-0.15, -0.1) is 0 Å². The van der Waals surface area contributed by atoms with E-state index in [1.807, 2.05) is 30.3 Å². The molecule has 0 spiro atoms. The van der Waals surface area contributed by atoms with Crippen LogP contribution in [-0.4, -0.2) is 26.1 Å². The van der Waals surface area contributed by atoms with Crippen molar-refractivity contribution in [1.82, 2.24) is 20.2 Å². The molecule has 0 aliphatic carbocycles. The van der Waals surface area contributed by atoms with Crippen molar-refractivity contribution >= 4 is 22.8 Å². The lowest BCUT2D eigenvalue weighted by atomic mass is 10.1. The normalized spacial score (nSPS) is 10.8. The largest absolute Gasteiger partial charge is 0.305 e. The maximum absolute atomic E-state index is 12.5. The van der Waals surface area contributed by atoms with Gasteiger partial charge in [-0.1, -0.05) is 25.1 Å². The second kappa shape index (κ2) is 6.76. The maximum atomic E-state index is 12.5. The third-order valence-electron chi connectivity index (χ3n) is 4.16. The molecule has 1 aromatic carbocycles. The second-order valence-corrected chi connectivity index (χ2v) is 5.92. The fraction of sp³-hybridized carbons (Fsp3) is 0.100. The van der Waals surface area contributed by atoms with Crippen molar-refractivity contribution in [3.05, 3.63) is 72.1 Å². The highest BCUT2D eigenvalue weighted by Crippen LogP contribution is 2.20. The Morgan fingerprint density at radius 2 is 2.04 bits per heavy atom. The highest BCUT2D eigenvalue weighted by molar-refractivity contribution is 6.03. The Hall–Kier alpha value is -3.54. The van der Waals surface area contributed by atoms with Gasteiger partial charge < -0.3 is 5.32 Å². The van der Waals surface area contributed by atoms with Gasteiger partial charge in [-0.2, -0.15) is 5.10 Å². The lowest BCUT2D eigenvalue weighted by Crippen LogP contribution is -2.13. The van der Waals surface area contributed by atoms with E-state index >= 15 is 0 Å². The molecule has 0 aliphatic heterocycles. The van der Waals surface area contributed by atoms with E-state index in [1.54, 1.807) is 18.3 Å². The summed E-state index contributed by atoms with van der Waals surface area (Å²) in [6.45, 7) is 2.11. The first-order valence-corrected chi connectivity index (χ1v) is 8.41.